The van der Waals surface area contributed by atoms with E-state index in [9.17, 15) is 0 Å². The van der Waals surface area contributed by atoms with Crippen molar-refractivity contribution in [1.29, 1.82) is 0 Å². The summed E-state index contributed by atoms with van der Waals surface area (Å²) in [4.78, 5) is 0. The van der Waals surface area contributed by atoms with Gasteiger partial charge in [0.15, 0.2) is 0 Å². The van der Waals surface area contributed by atoms with Crippen LogP contribution in [0.2, 0.25) is 0 Å². The Bertz CT molecular complexity index is 193. The van der Waals surface area contributed by atoms with Crippen molar-refractivity contribution in [2.45, 2.75) is 20.1 Å². The smallest absolute Gasteiger partial charge is 0.0863 e. The molecule has 0 saturated carbocycles. The van der Waals surface area contributed by atoms with Crippen molar-refractivity contribution in [2.75, 3.05) is 7.11 Å². The van der Waals surface area contributed by atoms with Crippen molar-refractivity contribution in [3.63, 3.8) is 0 Å². The fraction of sp³-hybridized carbons (Fsp3) is 0.500. The maximum atomic E-state index is 5.01. The zero-order valence-electron chi connectivity index (χ0n) is 6.50. The van der Waals surface area contributed by atoms with Crippen LogP contribution in [0, 0.1) is 0 Å². The zero-order chi connectivity index (χ0) is 7.40. The van der Waals surface area contributed by atoms with E-state index in [4.69, 9.17) is 4.74 Å². The Balaban J connectivity index is 2.70. The summed E-state index contributed by atoms with van der Waals surface area (Å²) in [5.41, 5.74) is 1.24. The number of aryl methyl sites for hydroxylation is 1. The molecule has 0 amide bonds. The number of ether oxygens (including phenoxy) is 1. The molecule has 1 rings (SSSR count). The summed E-state index contributed by atoms with van der Waals surface area (Å²) in [6, 6.07) is 4.12. The van der Waals surface area contributed by atoms with Crippen LogP contribution in [0.5, 0.6) is 0 Å². The highest BCUT2D eigenvalue weighted by atomic mass is 16.5. The molecule has 0 unspecified atom stereocenters. The Morgan fingerprint density at radius 3 is 3.00 bits per heavy atom. The van der Waals surface area contributed by atoms with Gasteiger partial charge in [0, 0.05) is 25.5 Å². The minimum Gasteiger partial charge on any atom is -0.378 e. The number of rotatable bonds is 3. The quantitative estimate of drug-likeness (QED) is 0.621. The molecule has 0 aromatic carbocycles. The van der Waals surface area contributed by atoms with Crippen molar-refractivity contribution in [2.24, 2.45) is 0 Å². The molecule has 0 spiro atoms. The standard InChI is InChI=1S/C8H13NO/c1-3-9-6-4-5-8(9)7-10-2/h4-6H,3,7H2,1-2H3. The Hall–Kier alpha value is -0.760. The topological polar surface area (TPSA) is 14.2 Å². The predicted molar refractivity (Wildman–Crippen MR) is 40.8 cm³/mol. The van der Waals surface area contributed by atoms with Gasteiger partial charge in [0.2, 0.25) is 0 Å². The van der Waals surface area contributed by atoms with Crippen LogP contribution in [0.15, 0.2) is 18.3 Å². The van der Waals surface area contributed by atoms with Gasteiger partial charge in [-0.05, 0) is 19.1 Å². The van der Waals surface area contributed by atoms with Crippen LogP contribution in [-0.2, 0) is 17.9 Å². The van der Waals surface area contributed by atoms with E-state index in [0.29, 0.717) is 6.61 Å². The van der Waals surface area contributed by atoms with Crippen LogP contribution in [0.3, 0.4) is 0 Å². The van der Waals surface area contributed by atoms with E-state index >= 15 is 0 Å². The molecule has 1 aromatic rings. The van der Waals surface area contributed by atoms with E-state index < -0.39 is 0 Å². The summed E-state index contributed by atoms with van der Waals surface area (Å²) < 4.78 is 7.18. The third-order valence-corrected chi connectivity index (χ3v) is 1.56. The number of methoxy groups -OCH3 is 1. The Kier molecular flexibility index (Phi) is 2.51. The highest BCUT2D eigenvalue weighted by Crippen LogP contribution is 2.02. The van der Waals surface area contributed by atoms with E-state index in [1.807, 2.05) is 6.07 Å². The van der Waals surface area contributed by atoms with Gasteiger partial charge < -0.3 is 9.30 Å². The Morgan fingerprint density at radius 1 is 1.60 bits per heavy atom. The summed E-state index contributed by atoms with van der Waals surface area (Å²) in [7, 11) is 1.72. The normalized spacial score (nSPS) is 10.2. The van der Waals surface area contributed by atoms with Crippen LogP contribution in [0.25, 0.3) is 0 Å². The monoisotopic (exact) mass is 139 g/mol. The third kappa shape index (κ3) is 1.39. The first-order valence-corrected chi connectivity index (χ1v) is 3.51. The van der Waals surface area contributed by atoms with E-state index in [0.717, 1.165) is 6.54 Å². The lowest BCUT2D eigenvalue weighted by atomic mass is 10.4. The maximum absolute atomic E-state index is 5.01. The average Bonchev–Trinajstić information content (AvgIpc) is 2.36. The van der Waals surface area contributed by atoms with Gasteiger partial charge in [0.1, 0.15) is 0 Å². The minimum atomic E-state index is 0.709. The molecule has 0 fully saturated rings. The van der Waals surface area contributed by atoms with Crippen LogP contribution in [0.4, 0.5) is 0 Å². The summed E-state index contributed by atoms with van der Waals surface area (Å²) in [5, 5.41) is 0. The first-order chi connectivity index (χ1) is 4.88. The van der Waals surface area contributed by atoms with Crippen LogP contribution in [0.1, 0.15) is 12.6 Å². The van der Waals surface area contributed by atoms with Gasteiger partial charge in [-0.1, -0.05) is 0 Å². The third-order valence-electron chi connectivity index (χ3n) is 1.56. The van der Waals surface area contributed by atoms with Crippen LogP contribution in [-0.4, -0.2) is 11.7 Å². The van der Waals surface area contributed by atoms with Crippen molar-refractivity contribution in [1.82, 2.24) is 4.57 Å². The molecule has 10 heavy (non-hydrogen) atoms. The molecule has 0 aliphatic carbocycles. The summed E-state index contributed by atoms with van der Waals surface area (Å²) in [6.45, 7) is 3.85. The average molecular weight is 139 g/mol. The molecule has 0 N–H and O–H groups in total. The van der Waals surface area contributed by atoms with Gasteiger partial charge in [-0.25, -0.2) is 0 Å². The SMILES string of the molecule is CCn1cccc1COC. The Labute approximate surface area is 61.4 Å². The van der Waals surface area contributed by atoms with Gasteiger partial charge in [-0.15, -0.1) is 0 Å². The summed E-state index contributed by atoms with van der Waals surface area (Å²) in [5.74, 6) is 0. The molecule has 0 atom stereocenters. The largest absolute Gasteiger partial charge is 0.378 e. The van der Waals surface area contributed by atoms with E-state index in [1.165, 1.54) is 5.69 Å². The van der Waals surface area contributed by atoms with Gasteiger partial charge in [-0.3, -0.25) is 0 Å². The van der Waals surface area contributed by atoms with E-state index in [2.05, 4.69) is 23.8 Å². The molecule has 2 nitrogen and oxygen atoms in total. The predicted octanol–water partition coefficient (Wildman–Crippen LogP) is 1.65. The number of hydrogen-bond acceptors (Lipinski definition) is 1. The van der Waals surface area contributed by atoms with Crippen molar-refractivity contribution in [3.8, 4) is 0 Å². The van der Waals surface area contributed by atoms with E-state index in [1.54, 1.807) is 7.11 Å². The Morgan fingerprint density at radius 2 is 2.40 bits per heavy atom. The number of nitrogens with zero attached hydrogens (tertiary/aromatic N) is 1. The summed E-state index contributed by atoms with van der Waals surface area (Å²) in [6.07, 6.45) is 2.06. The van der Waals surface area contributed by atoms with Gasteiger partial charge in [-0.2, -0.15) is 0 Å². The molecule has 0 aliphatic rings. The van der Waals surface area contributed by atoms with Crippen LogP contribution >= 0.6 is 0 Å². The van der Waals surface area contributed by atoms with E-state index in [-0.39, 0.29) is 0 Å². The molecule has 2 heteroatoms. The summed E-state index contributed by atoms with van der Waals surface area (Å²) >= 11 is 0. The number of aromatic nitrogens is 1. The lowest BCUT2D eigenvalue weighted by Gasteiger charge is -2.03. The number of hydrogen-bond donors (Lipinski definition) is 0. The lowest BCUT2D eigenvalue weighted by molar-refractivity contribution is 0.178. The van der Waals surface area contributed by atoms with Crippen LogP contribution < -0.4 is 0 Å². The highest BCUT2D eigenvalue weighted by molar-refractivity contribution is 5.05. The second-order valence-electron chi connectivity index (χ2n) is 2.22. The molecule has 1 aromatic heterocycles. The molecule has 0 radical (unpaired) electrons. The second-order valence-corrected chi connectivity index (χ2v) is 2.22. The molecular weight excluding hydrogens is 126 g/mol. The van der Waals surface area contributed by atoms with Crippen molar-refractivity contribution in [3.05, 3.63) is 24.0 Å². The van der Waals surface area contributed by atoms with Gasteiger partial charge in [0.05, 0.1) is 6.61 Å². The minimum absolute atomic E-state index is 0.709. The molecule has 0 aliphatic heterocycles. The zero-order valence-corrected chi connectivity index (χ0v) is 6.50. The fourth-order valence-corrected chi connectivity index (χ4v) is 1.04. The maximum Gasteiger partial charge on any atom is 0.0863 e. The molecule has 0 bridgehead atoms. The molecule has 0 saturated heterocycles. The molecular formula is C8H13NO. The second kappa shape index (κ2) is 3.42. The lowest BCUT2D eigenvalue weighted by Crippen LogP contribution is -1.99. The molecule has 1 heterocycles. The first kappa shape index (κ1) is 7.35. The van der Waals surface area contributed by atoms with Crippen molar-refractivity contribution < 1.29 is 4.74 Å². The van der Waals surface area contributed by atoms with Crippen molar-refractivity contribution >= 4 is 0 Å². The highest BCUT2D eigenvalue weighted by Gasteiger charge is 1.95. The molecule has 56 valence electrons. The fourth-order valence-electron chi connectivity index (χ4n) is 1.04. The first-order valence-electron chi connectivity index (χ1n) is 3.51. The van der Waals surface area contributed by atoms with Gasteiger partial charge in [0.25, 0.3) is 0 Å². The van der Waals surface area contributed by atoms with Gasteiger partial charge >= 0.3 is 0 Å².